The van der Waals surface area contributed by atoms with Gasteiger partial charge in [0.1, 0.15) is 0 Å². The van der Waals surface area contributed by atoms with E-state index in [1.54, 1.807) is 0 Å². The highest BCUT2D eigenvalue weighted by molar-refractivity contribution is 6.60. The van der Waals surface area contributed by atoms with Gasteiger partial charge in [-0.15, -0.1) is 0 Å². The fraction of sp³-hybridized carbons (Fsp3) is 1.00. The summed E-state index contributed by atoms with van der Waals surface area (Å²) in [6, 6.07) is 0.953. The van der Waals surface area contributed by atoms with Gasteiger partial charge in [-0.25, -0.2) is 0 Å². The van der Waals surface area contributed by atoms with Crippen molar-refractivity contribution in [1.82, 2.24) is 0 Å². The SMILES string of the molecule is CCCO[Si](CC(C)C1CCC2OC2C1)(OCCC)OCCC. The monoisotopic (exact) mass is 344 g/mol. The number of rotatable bonds is 12. The van der Waals surface area contributed by atoms with E-state index in [9.17, 15) is 0 Å². The molecular formula is C18H36O4Si. The molecule has 0 bridgehead atoms. The number of fused-ring (bicyclic) bond motifs is 1. The Labute approximate surface area is 143 Å². The first kappa shape index (κ1) is 19.4. The van der Waals surface area contributed by atoms with Gasteiger partial charge in [-0.2, -0.15) is 0 Å². The van der Waals surface area contributed by atoms with Crippen LogP contribution in [0.4, 0.5) is 0 Å². The van der Waals surface area contributed by atoms with Crippen molar-refractivity contribution >= 4 is 8.80 Å². The van der Waals surface area contributed by atoms with Gasteiger partial charge in [-0.1, -0.05) is 27.7 Å². The third-order valence-electron chi connectivity index (χ3n) is 5.00. The van der Waals surface area contributed by atoms with Crippen LogP contribution in [0.25, 0.3) is 0 Å². The predicted octanol–water partition coefficient (Wildman–Crippen LogP) is 4.41. The maximum Gasteiger partial charge on any atom is 0.501 e. The Morgan fingerprint density at radius 3 is 1.96 bits per heavy atom. The maximum atomic E-state index is 6.24. The van der Waals surface area contributed by atoms with E-state index < -0.39 is 8.80 Å². The second kappa shape index (κ2) is 9.52. The molecule has 136 valence electrons. The van der Waals surface area contributed by atoms with Crippen molar-refractivity contribution in [3.63, 3.8) is 0 Å². The Morgan fingerprint density at radius 1 is 0.913 bits per heavy atom. The Hall–Kier alpha value is 0.0569. The van der Waals surface area contributed by atoms with Crippen molar-refractivity contribution < 1.29 is 18.0 Å². The summed E-state index contributed by atoms with van der Waals surface area (Å²) >= 11 is 0. The number of epoxide rings is 1. The van der Waals surface area contributed by atoms with E-state index in [0.29, 0.717) is 18.1 Å². The lowest BCUT2D eigenvalue weighted by atomic mass is 9.82. The molecule has 1 heterocycles. The molecule has 2 fully saturated rings. The number of hydrogen-bond donors (Lipinski definition) is 0. The molecule has 1 saturated heterocycles. The molecule has 1 aliphatic carbocycles. The summed E-state index contributed by atoms with van der Waals surface area (Å²) in [4.78, 5) is 0. The smallest absolute Gasteiger partial charge is 0.373 e. The van der Waals surface area contributed by atoms with Gasteiger partial charge in [0.15, 0.2) is 0 Å². The minimum absolute atomic E-state index is 0.539. The summed E-state index contributed by atoms with van der Waals surface area (Å²) in [5, 5.41) is 0. The molecule has 0 aromatic carbocycles. The van der Waals surface area contributed by atoms with Gasteiger partial charge < -0.3 is 18.0 Å². The second-order valence-corrected chi connectivity index (χ2v) is 9.84. The third-order valence-corrected chi connectivity index (χ3v) is 8.08. The molecule has 1 saturated carbocycles. The molecule has 4 unspecified atom stereocenters. The standard InChI is InChI=1S/C18H36O4Si/c1-5-10-19-23(20-11-6-2,21-12-7-3)14-15(4)16-8-9-17-18(13-16)22-17/h15-18H,5-14H2,1-4H3. The fourth-order valence-electron chi connectivity index (χ4n) is 3.59. The average Bonchev–Trinajstić information content (AvgIpc) is 3.34. The quantitative estimate of drug-likeness (QED) is 0.388. The Bertz CT molecular complexity index is 317. The summed E-state index contributed by atoms with van der Waals surface area (Å²) in [5.74, 6) is 1.31. The average molecular weight is 345 g/mol. The van der Waals surface area contributed by atoms with Crippen LogP contribution in [0.2, 0.25) is 6.04 Å². The van der Waals surface area contributed by atoms with E-state index in [-0.39, 0.29) is 0 Å². The van der Waals surface area contributed by atoms with Crippen molar-refractivity contribution in [2.45, 2.75) is 84.5 Å². The Kier molecular flexibility index (Phi) is 8.02. The maximum absolute atomic E-state index is 6.24. The predicted molar refractivity (Wildman–Crippen MR) is 94.5 cm³/mol. The molecule has 1 aliphatic heterocycles. The number of ether oxygens (including phenoxy) is 1. The lowest BCUT2D eigenvalue weighted by Crippen LogP contribution is -2.48. The van der Waals surface area contributed by atoms with Gasteiger partial charge in [0, 0.05) is 25.9 Å². The van der Waals surface area contributed by atoms with Crippen LogP contribution < -0.4 is 0 Å². The largest absolute Gasteiger partial charge is 0.501 e. The highest BCUT2D eigenvalue weighted by Crippen LogP contribution is 2.44. The molecule has 5 heteroatoms. The van der Waals surface area contributed by atoms with Gasteiger partial charge in [-0.05, 0) is 50.4 Å². The molecule has 4 nitrogen and oxygen atoms in total. The highest BCUT2D eigenvalue weighted by Gasteiger charge is 2.48. The van der Waals surface area contributed by atoms with Crippen LogP contribution in [-0.2, 0) is 18.0 Å². The zero-order valence-electron chi connectivity index (χ0n) is 15.5. The van der Waals surface area contributed by atoms with Crippen molar-refractivity contribution in [3.8, 4) is 0 Å². The lowest BCUT2D eigenvalue weighted by Gasteiger charge is -2.34. The molecule has 0 spiro atoms. The first-order valence-electron chi connectivity index (χ1n) is 9.71. The third kappa shape index (κ3) is 5.82. The summed E-state index contributed by atoms with van der Waals surface area (Å²) in [7, 11) is -2.55. The van der Waals surface area contributed by atoms with Crippen molar-refractivity contribution in [3.05, 3.63) is 0 Å². The zero-order chi connectivity index (χ0) is 16.7. The minimum atomic E-state index is -2.55. The van der Waals surface area contributed by atoms with Crippen LogP contribution in [-0.4, -0.2) is 40.8 Å². The molecule has 0 aromatic heterocycles. The van der Waals surface area contributed by atoms with Crippen molar-refractivity contribution in [1.29, 1.82) is 0 Å². The minimum Gasteiger partial charge on any atom is -0.373 e. The molecule has 0 amide bonds. The van der Waals surface area contributed by atoms with Crippen LogP contribution in [0.5, 0.6) is 0 Å². The summed E-state index contributed by atoms with van der Waals surface area (Å²) < 4.78 is 24.4. The Morgan fingerprint density at radius 2 is 1.48 bits per heavy atom. The van der Waals surface area contributed by atoms with Crippen molar-refractivity contribution in [2.75, 3.05) is 19.8 Å². The van der Waals surface area contributed by atoms with Gasteiger partial charge in [0.05, 0.1) is 12.2 Å². The molecule has 23 heavy (non-hydrogen) atoms. The van der Waals surface area contributed by atoms with Crippen LogP contribution in [0.1, 0.15) is 66.2 Å². The van der Waals surface area contributed by atoms with E-state index in [1.807, 2.05) is 0 Å². The molecule has 2 rings (SSSR count). The molecule has 0 radical (unpaired) electrons. The molecular weight excluding hydrogens is 308 g/mol. The van der Waals surface area contributed by atoms with Crippen LogP contribution in [0, 0.1) is 11.8 Å². The van der Waals surface area contributed by atoms with Crippen molar-refractivity contribution in [2.24, 2.45) is 11.8 Å². The van der Waals surface area contributed by atoms with Gasteiger partial charge in [0.2, 0.25) is 0 Å². The van der Waals surface area contributed by atoms with Crippen LogP contribution in [0.3, 0.4) is 0 Å². The fourth-order valence-corrected chi connectivity index (χ4v) is 6.86. The normalized spacial score (nSPS) is 28.4. The zero-order valence-corrected chi connectivity index (χ0v) is 16.5. The van der Waals surface area contributed by atoms with E-state index in [0.717, 1.165) is 51.0 Å². The Balaban J connectivity index is 1.96. The first-order valence-corrected chi connectivity index (χ1v) is 11.6. The summed E-state index contributed by atoms with van der Waals surface area (Å²) in [5.41, 5.74) is 0. The summed E-state index contributed by atoms with van der Waals surface area (Å²) in [6.45, 7) is 11.0. The van der Waals surface area contributed by atoms with E-state index >= 15 is 0 Å². The van der Waals surface area contributed by atoms with Crippen LogP contribution >= 0.6 is 0 Å². The van der Waals surface area contributed by atoms with E-state index in [4.69, 9.17) is 18.0 Å². The highest BCUT2D eigenvalue weighted by atomic mass is 28.4. The molecule has 0 aromatic rings. The second-order valence-electron chi connectivity index (χ2n) is 7.20. The topological polar surface area (TPSA) is 40.2 Å². The lowest BCUT2D eigenvalue weighted by molar-refractivity contribution is 0.0524. The molecule has 0 N–H and O–H groups in total. The van der Waals surface area contributed by atoms with Gasteiger partial charge in [0.25, 0.3) is 0 Å². The van der Waals surface area contributed by atoms with Gasteiger partial charge >= 0.3 is 8.80 Å². The number of hydrogen-bond acceptors (Lipinski definition) is 4. The van der Waals surface area contributed by atoms with E-state index in [1.165, 1.54) is 19.3 Å². The first-order chi connectivity index (χ1) is 11.1. The molecule has 4 atom stereocenters. The van der Waals surface area contributed by atoms with Gasteiger partial charge in [-0.3, -0.25) is 0 Å². The summed E-state index contributed by atoms with van der Waals surface area (Å²) in [6.07, 6.45) is 7.87. The van der Waals surface area contributed by atoms with E-state index in [2.05, 4.69) is 27.7 Å². The van der Waals surface area contributed by atoms with Crippen LogP contribution in [0.15, 0.2) is 0 Å². The molecule has 2 aliphatic rings.